The first-order chi connectivity index (χ1) is 15.6. The van der Waals surface area contributed by atoms with E-state index >= 15 is 0 Å². The summed E-state index contributed by atoms with van der Waals surface area (Å²) in [5.41, 5.74) is 3.21. The third kappa shape index (κ3) is 7.11. The van der Waals surface area contributed by atoms with Gasteiger partial charge in [-0.25, -0.2) is 0 Å². The normalized spacial score (nSPS) is 16.2. The van der Waals surface area contributed by atoms with Crippen LogP contribution in [0.5, 0.6) is 0 Å². The molecule has 32 heavy (non-hydrogen) atoms. The zero-order valence-corrected chi connectivity index (χ0v) is 18.9. The Labute approximate surface area is 190 Å². The third-order valence-electron chi connectivity index (χ3n) is 5.62. The third-order valence-corrected chi connectivity index (χ3v) is 5.62. The summed E-state index contributed by atoms with van der Waals surface area (Å²) in [6.07, 6.45) is 2.32. The number of hydrogen-bond acceptors (Lipinski definition) is 3. The average Bonchev–Trinajstić information content (AvgIpc) is 3.18. The van der Waals surface area contributed by atoms with E-state index in [0.717, 1.165) is 31.6 Å². The number of carbonyl (C=O) groups is 2. The van der Waals surface area contributed by atoms with Crippen LogP contribution >= 0.6 is 0 Å². The molecule has 3 N–H and O–H groups in total. The molecule has 1 atom stereocenters. The van der Waals surface area contributed by atoms with E-state index in [-0.39, 0.29) is 24.3 Å². The highest BCUT2D eigenvalue weighted by molar-refractivity contribution is 5.95. The molecule has 1 saturated heterocycles. The molecular formula is C25H33N5O2. The lowest BCUT2D eigenvalue weighted by atomic mass is 10.1. The smallest absolute Gasteiger partial charge is 0.243 e. The predicted molar refractivity (Wildman–Crippen MR) is 129 cm³/mol. The van der Waals surface area contributed by atoms with Crippen LogP contribution in [0.4, 0.5) is 5.69 Å². The second-order valence-corrected chi connectivity index (χ2v) is 8.05. The van der Waals surface area contributed by atoms with Gasteiger partial charge in [0.15, 0.2) is 5.96 Å². The van der Waals surface area contributed by atoms with Crippen molar-refractivity contribution >= 4 is 23.5 Å². The number of carbonyl (C=O) groups excluding carboxylic acids is 2. The molecule has 0 saturated carbocycles. The molecule has 0 aliphatic carbocycles. The zero-order valence-electron chi connectivity index (χ0n) is 18.9. The topological polar surface area (TPSA) is 85.8 Å². The fourth-order valence-corrected chi connectivity index (χ4v) is 3.82. The summed E-state index contributed by atoms with van der Waals surface area (Å²) < 4.78 is 0. The summed E-state index contributed by atoms with van der Waals surface area (Å²) in [5, 5.41) is 9.18. The van der Waals surface area contributed by atoms with Crippen molar-refractivity contribution in [1.82, 2.24) is 15.5 Å². The Morgan fingerprint density at radius 1 is 1.09 bits per heavy atom. The van der Waals surface area contributed by atoms with E-state index in [0.29, 0.717) is 18.9 Å². The van der Waals surface area contributed by atoms with Crippen molar-refractivity contribution in [2.24, 2.45) is 10.9 Å². The van der Waals surface area contributed by atoms with Gasteiger partial charge in [-0.3, -0.25) is 14.6 Å². The maximum Gasteiger partial charge on any atom is 0.243 e. The number of likely N-dealkylation sites (tertiary alicyclic amines) is 1. The molecule has 1 aliphatic rings. The summed E-state index contributed by atoms with van der Waals surface area (Å²) in [6, 6.07) is 18.1. The standard InChI is InChI=1S/C25H33N5O2/c1-3-19-10-7-11-22(14-19)29-23(31)17-28-25(26-2)27-16-21-15-24(32)30(18-21)13-12-20-8-5-4-6-9-20/h4-11,14,21H,3,12-13,15-18H2,1-2H3,(H,29,31)(H2,26,27,28). The van der Waals surface area contributed by atoms with Crippen LogP contribution in [-0.2, 0) is 22.4 Å². The number of guanidine groups is 1. The van der Waals surface area contributed by atoms with Gasteiger partial charge >= 0.3 is 0 Å². The molecule has 1 heterocycles. The number of amides is 2. The highest BCUT2D eigenvalue weighted by atomic mass is 16.2. The first kappa shape index (κ1) is 23.3. The number of rotatable bonds is 9. The largest absolute Gasteiger partial charge is 0.356 e. The maximum absolute atomic E-state index is 12.4. The Balaban J connectivity index is 1.38. The number of benzene rings is 2. The molecule has 0 bridgehead atoms. The summed E-state index contributed by atoms with van der Waals surface area (Å²) in [6.45, 7) is 4.31. The summed E-state index contributed by atoms with van der Waals surface area (Å²) >= 11 is 0. The number of aliphatic imine (C=N–C) groups is 1. The van der Waals surface area contributed by atoms with Crippen LogP contribution in [0.25, 0.3) is 0 Å². The van der Waals surface area contributed by atoms with E-state index in [2.05, 4.69) is 40.0 Å². The van der Waals surface area contributed by atoms with E-state index in [1.807, 2.05) is 47.4 Å². The Morgan fingerprint density at radius 2 is 1.88 bits per heavy atom. The van der Waals surface area contributed by atoms with Crippen molar-refractivity contribution in [3.8, 4) is 0 Å². The van der Waals surface area contributed by atoms with E-state index in [4.69, 9.17) is 0 Å². The zero-order chi connectivity index (χ0) is 22.8. The molecule has 3 rings (SSSR count). The maximum atomic E-state index is 12.4. The van der Waals surface area contributed by atoms with Gasteiger partial charge < -0.3 is 20.9 Å². The summed E-state index contributed by atoms with van der Waals surface area (Å²) in [4.78, 5) is 30.7. The molecule has 1 unspecified atom stereocenters. The van der Waals surface area contributed by atoms with Crippen LogP contribution in [0.3, 0.4) is 0 Å². The Bertz CT molecular complexity index is 929. The van der Waals surface area contributed by atoms with E-state index < -0.39 is 0 Å². The van der Waals surface area contributed by atoms with E-state index in [9.17, 15) is 9.59 Å². The fourth-order valence-electron chi connectivity index (χ4n) is 3.82. The van der Waals surface area contributed by atoms with Crippen molar-refractivity contribution in [1.29, 1.82) is 0 Å². The molecule has 170 valence electrons. The molecule has 0 spiro atoms. The molecule has 7 nitrogen and oxygen atoms in total. The lowest BCUT2D eigenvalue weighted by Gasteiger charge is -2.18. The molecule has 1 aliphatic heterocycles. The van der Waals surface area contributed by atoms with Crippen molar-refractivity contribution in [2.45, 2.75) is 26.2 Å². The van der Waals surface area contributed by atoms with Crippen LogP contribution < -0.4 is 16.0 Å². The SMILES string of the molecule is CCc1cccc(NC(=O)CNC(=NC)NCC2CC(=O)N(CCc3ccccc3)C2)c1. The number of nitrogens with zero attached hydrogens (tertiary/aromatic N) is 2. The quantitative estimate of drug-likeness (QED) is 0.417. The van der Waals surface area contributed by atoms with Gasteiger partial charge in [0, 0.05) is 44.7 Å². The molecule has 2 aromatic carbocycles. The van der Waals surface area contributed by atoms with Crippen LogP contribution in [0, 0.1) is 5.92 Å². The Kier molecular flexibility index (Phi) is 8.66. The molecular weight excluding hydrogens is 402 g/mol. The molecule has 7 heteroatoms. The Hall–Kier alpha value is -3.35. The molecule has 0 aromatic heterocycles. The second kappa shape index (κ2) is 11.9. The van der Waals surface area contributed by atoms with Gasteiger partial charge in [-0.05, 0) is 36.1 Å². The fraction of sp³-hybridized carbons (Fsp3) is 0.400. The van der Waals surface area contributed by atoms with Gasteiger partial charge in [0.25, 0.3) is 0 Å². The minimum atomic E-state index is -0.135. The second-order valence-electron chi connectivity index (χ2n) is 8.05. The van der Waals surface area contributed by atoms with Gasteiger partial charge in [-0.1, -0.05) is 49.4 Å². The van der Waals surface area contributed by atoms with Gasteiger partial charge in [0.1, 0.15) is 0 Å². The van der Waals surface area contributed by atoms with E-state index in [1.165, 1.54) is 11.1 Å². The van der Waals surface area contributed by atoms with Gasteiger partial charge in [0.05, 0.1) is 6.54 Å². The van der Waals surface area contributed by atoms with Gasteiger partial charge in [-0.2, -0.15) is 0 Å². The average molecular weight is 436 g/mol. The first-order valence-electron chi connectivity index (χ1n) is 11.2. The van der Waals surface area contributed by atoms with E-state index in [1.54, 1.807) is 7.05 Å². The van der Waals surface area contributed by atoms with Crippen molar-refractivity contribution in [2.75, 3.05) is 38.5 Å². The highest BCUT2D eigenvalue weighted by Gasteiger charge is 2.29. The van der Waals surface area contributed by atoms with Gasteiger partial charge in [0.2, 0.25) is 11.8 Å². The number of anilines is 1. The highest BCUT2D eigenvalue weighted by Crippen LogP contribution is 2.17. The minimum absolute atomic E-state index is 0.114. The van der Waals surface area contributed by atoms with Crippen molar-refractivity contribution in [3.05, 3.63) is 65.7 Å². The first-order valence-corrected chi connectivity index (χ1v) is 11.2. The number of nitrogens with one attached hydrogen (secondary N) is 3. The van der Waals surface area contributed by atoms with Crippen LogP contribution in [0.15, 0.2) is 59.6 Å². The van der Waals surface area contributed by atoms with Gasteiger partial charge in [-0.15, -0.1) is 0 Å². The lowest BCUT2D eigenvalue weighted by Crippen LogP contribution is -2.43. The minimum Gasteiger partial charge on any atom is -0.356 e. The predicted octanol–water partition coefficient (Wildman–Crippen LogP) is 2.44. The number of hydrogen-bond donors (Lipinski definition) is 3. The molecule has 2 amide bonds. The molecule has 2 aromatic rings. The van der Waals surface area contributed by atoms with Crippen LogP contribution in [-0.4, -0.2) is 55.9 Å². The number of aryl methyl sites for hydroxylation is 1. The Morgan fingerprint density at radius 3 is 2.62 bits per heavy atom. The molecule has 1 fully saturated rings. The monoisotopic (exact) mass is 435 g/mol. The van der Waals surface area contributed by atoms with Crippen LogP contribution in [0.2, 0.25) is 0 Å². The van der Waals surface area contributed by atoms with Crippen molar-refractivity contribution in [3.63, 3.8) is 0 Å². The summed E-state index contributed by atoms with van der Waals surface area (Å²) in [7, 11) is 1.67. The summed E-state index contributed by atoms with van der Waals surface area (Å²) in [5.74, 6) is 0.841. The van der Waals surface area contributed by atoms with Crippen LogP contribution in [0.1, 0.15) is 24.5 Å². The lowest BCUT2D eigenvalue weighted by molar-refractivity contribution is -0.127. The van der Waals surface area contributed by atoms with Crippen molar-refractivity contribution < 1.29 is 9.59 Å². The molecule has 0 radical (unpaired) electrons.